The van der Waals surface area contributed by atoms with Gasteiger partial charge in [0, 0.05) is 11.8 Å². The second-order valence-electron chi connectivity index (χ2n) is 7.57. The van der Waals surface area contributed by atoms with Crippen molar-refractivity contribution in [3.8, 4) is 5.75 Å². The summed E-state index contributed by atoms with van der Waals surface area (Å²) in [5.41, 5.74) is 3.99. The van der Waals surface area contributed by atoms with Crippen LogP contribution in [0.4, 0.5) is 0 Å². The summed E-state index contributed by atoms with van der Waals surface area (Å²) in [6.07, 6.45) is 5.04. The third-order valence-corrected chi connectivity index (χ3v) is 6.57. The molecule has 3 aliphatic carbocycles. The van der Waals surface area contributed by atoms with Crippen LogP contribution in [-0.2, 0) is 11.2 Å². The lowest BCUT2D eigenvalue weighted by Gasteiger charge is -2.48. The topological polar surface area (TPSA) is 26.3 Å². The van der Waals surface area contributed by atoms with Gasteiger partial charge < -0.3 is 4.74 Å². The van der Waals surface area contributed by atoms with Gasteiger partial charge in [0.1, 0.15) is 11.5 Å². The second-order valence-corrected chi connectivity index (χ2v) is 7.57. The summed E-state index contributed by atoms with van der Waals surface area (Å²) in [4.78, 5) is 12.5. The molecule has 0 N–H and O–H groups in total. The molecule has 2 fully saturated rings. The molecule has 0 saturated heterocycles. The maximum atomic E-state index is 12.5. The molecular formula is C20H24O2. The minimum Gasteiger partial charge on any atom is -0.497 e. The van der Waals surface area contributed by atoms with E-state index in [2.05, 4.69) is 31.7 Å². The third-order valence-electron chi connectivity index (χ3n) is 6.57. The molecule has 0 spiro atoms. The lowest BCUT2D eigenvalue weighted by molar-refractivity contribution is -0.129. The highest BCUT2D eigenvalue weighted by molar-refractivity contribution is 5.91. The van der Waals surface area contributed by atoms with E-state index in [1.165, 1.54) is 23.1 Å². The van der Waals surface area contributed by atoms with Gasteiger partial charge in [-0.1, -0.05) is 25.1 Å². The zero-order chi connectivity index (χ0) is 15.5. The van der Waals surface area contributed by atoms with Crippen molar-refractivity contribution < 1.29 is 9.53 Å². The Morgan fingerprint density at radius 2 is 2.14 bits per heavy atom. The van der Waals surface area contributed by atoms with Crippen LogP contribution >= 0.6 is 0 Å². The van der Waals surface area contributed by atoms with Gasteiger partial charge >= 0.3 is 0 Å². The number of aryl methyl sites for hydroxylation is 1. The van der Waals surface area contributed by atoms with Crippen molar-refractivity contribution in [3.05, 3.63) is 41.5 Å². The second kappa shape index (κ2) is 4.71. The fraction of sp³-hybridized carbons (Fsp3) is 0.550. The number of ether oxygens (including phenoxy) is 1. The zero-order valence-corrected chi connectivity index (χ0v) is 13.5. The Morgan fingerprint density at radius 3 is 2.91 bits per heavy atom. The van der Waals surface area contributed by atoms with E-state index in [0.29, 0.717) is 30.0 Å². The molecule has 1 aromatic rings. The first-order valence-corrected chi connectivity index (χ1v) is 8.42. The quantitative estimate of drug-likeness (QED) is 0.723. The summed E-state index contributed by atoms with van der Waals surface area (Å²) in [6, 6.07) is 6.55. The summed E-state index contributed by atoms with van der Waals surface area (Å²) in [7, 11) is 1.73. The Hall–Kier alpha value is -1.57. The van der Waals surface area contributed by atoms with Crippen LogP contribution in [0.25, 0.3) is 0 Å². The van der Waals surface area contributed by atoms with E-state index < -0.39 is 0 Å². The van der Waals surface area contributed by atoms with Crippen molar-refractivity contribution in [3.63, 3.8) is 0 Å². The standard InChI is InChI=1S/C20H24O2/c1-12-10-18(21)20(2)9-8-16-15-7-5-14(22-3)11-13(15)4-6-17(16)19(12)20/h5,7,11,16-17,19H,1,4,6,8-10H2,2-3H3/t16-,17-,19+,20-/m1/s1. The molecule has 0 unspecified atom stereocenters. The number of allylic oxidation sites excluding steroid dienone is 1. The van der Waals surface area contributed by atoms with Gasteiger partial charge in [-0.05, 0) is 66.7 Å². The van der Waals surface area contributed by atoms with Gasteiger partial charge in [0.2, 0.25) is 0 Å². The molecule has 0 aliphatic heterocycles. The fourth-order valence-electron chi connectivity index (χ4n) is 5.48. The number of fused-ring (bicyclic) bond motifs is 5. The summed E-state index contributed by atoms with van der Waals surface area (Å²) < 4.78 is 5.37. The van der Waals surface area contributed by atoms with E-state index in [0.717, 1.165) is 25.0 Å². The van der Waals surface area contributed by atoms with Crippen LogP contribution in [0.5, 0.6) is 5.75 Å². The van der Waals surface area contributed by atoms with Gasteiger partial charge in [-0.15, -0.1) is 0 Å². The number of rotatable bonds is 1. The maximum Gasteiger partial charge on any atom is 0.143 e. The first kappa shape index (κ1) is 14.0. The molecule has 0 bridgehead atoms. The molecule has 0 radical (unpaired) electrons. The van der Waals surface area contributed by atoms with Crippen molar-refractivity contribution in [1.82, 2.24) is 0 Å². The van der Waals surface area contributed by atoms with E-state index in [9.17, 15) is 4.79 Å². The van der Waals surface area contributed by atoms with Gasteiger partial charge in [-0.25, -0.2) is 0 Å². The van der Waals surface area contributed by atoms with Crippen molar-refractivity contribution in [1.29, 1.82) is 0 Å². The Labute approximate surface area is 132 Å². The van der Waals surface area contributed by atoms with Crippen LogP contribution in [0, 0.1) is 17.3 Å². The van der Waals surface area contributed by atoms with Crippen molar-refractivity contribution >= 4 is 5.78 Å². The van der Waals surface area contributed by atoms with Gasteiger partial charge in [-0.3, -0.25) is 4.79 Å². The lowest BCUT2D eigenvalue weighted by Crippen LogP contribution is -2.42. The molecule has 3 aliphatic rings. The third kappa shape index (κ3) is 1.76. The first-order chi connectivity index (χ1) is 10.5. The maximum absolute atomic E-state index is 12.5. The molecule has 0 heterocycles. The molecule has 4 atom stereocenters. The average molecular weight is 296 g/mol. The van der Waals surface area contributed by atoms with Gasteiger partial charge in [-0.2, -0.15) is 0 Å². The predicted octanol–water partition coefficient (Wildman–Crippen LogP) is 4.29. The SMILES string of the molecule is C=C1CC(=O)[C@@]2(C)CC[C@@H]3c4ccc(OC)cc4CC[C@H]3[C@H]12. The predicted molar refractivity (Wildman–Crippen MR) is 87.1 cm³/mol. The molecule has 2 nitrogen and oxygen atoms in total. The molecule has 0 aromatic heterocycles. The Morgan fingerprint density at radius 1 is 1.32 bits per heavy atom. The largest absolute Gasteiger partial charge is 0.497 e. The van der Waals surface area contributed by atoms with Gasteiger partial charge in [0.05, 0.1) is 7.11 Å². The summed E-state index contributed by atoms with van der Waals surface area (Å²) >= 11 is 0. The highest BCUT2D eigenvalue weighted by Crippen LogP contribution is 2.60. The summed E-state index contributed by atoms with van der Waals surface area (Å²) in [5, 5.41) is 0. The number of methoxy groups -OCH3 is 1. The molecule has 1 aromatic carbocycles. The monoisotopic (exact) mass is 296 g/mol. The minimum atomic E-state index is -0.137. The van der Waals surface area contributed by atoms with E-state index in [1.807, 2.05) is 0 Å². The normalized spacial score (nSPS) is 36.5. The van der Waals surface area contributed by atoms with Crippen molar-refractivity contribution in [2.45, 2.75) is 44.9 Å². The van der Waals surface area contributed by atoms with Crippen LogP contribution in [0.2, 0.25) is 0 Å². The molecule has 116 valence electrons. The van der Waals surface area contributed by atoms with Gasteiger partial charge in [0.25, 0.3) is 0 Å². The van der Waals surface area contributed by atoms with E-state index in [4.69, 9.17) is 4.74 Å². The molecule has 0 amide bonds. The van der Waals surface area contributed by atoms with E-state index >= 15 is 0 Å². The van der Waals surface area contributed by atoms with Crippen molar-refractivity contribution in [2.75, 3.05) is 7.11 Å². The molecule has 22 heavy (non-hydrogen) atoms. The highest BCUT2D eigenvalue weighted by atomic mass is 16.5. The smallest absolute Gasteiger partial charge is 0.143 e. The van der Waals surface area contributed by atoms with Crippen LogP contribution in [0.15, 0.2) is 30.4 Å². The molecular weight excluding hydrogens is 272 g/mol. The Balaban J connectivity index is 1.74. The number of ketones is 1. The van der Waals surface area contributed by atoms with E-state index in [-0.39, 0.29) is 5.41 Å². The summed E-state index contributed by atoms with van der Waals surface area (Å²) in [5.74, 6) is 2.97. The van der Waals surface area contributed by atoms with Crippen LogP contribution in [0.1, 0.15) is 49.7 Å². The number of Topliss-reactive ketones (excluding diaryl/α,β-unsaturated/α-hetero) is 1. The lowest BCUT2D eigenvalue weighted by atomic mass is 9.55. The van der Waals surface area contributed by atoms with Crippen LogP contribution in [-0.4, -0.2) is 12.9 Å². The van der Waals surface area contributed by atoms with Crippen LogP contribution < -0.4 is 4.74 Å². The Kier molecular flexibility index (Phi) is 3.01. The average Bonchev–Trinajstić information content (AvgIpc) is 2.76. The minimum absolute atomic E-state index is 0.137. The Bertz CT molecular complexity index is 660. The number of carbonyl (C=O) groups is 1. The molecule has 4 rings (SSSR count). The number of hydrogen-bond donors (Lipinski definition) is 0. The molecule has 2 heteroatoms. The highest BCUT2D eigenvalue weighted by Gasteiger charge is 2.56. The van der Waals surface area contributed by atoms with Crippen molar-refractivity contribution in [2.24, 2.45) is 17.3 Å². The summed E-state index contributed by atoms with van der Waals surface area (Å²) in [6.45, 7) is 6.46. The van der Waals surface area contributed by atoms with Gasteiger partial charge in [0.15, 0.2) is 0 Å². The fourth-order valence-corrected chi connectivity index (χ4v) is 5.48. The van der Waals surface area contributed by atoms with Crippen LogP contribution in [0.3, 0.4) is 0 Å². The molecule has 2 saturated carbocycles. The number of carbonyl (C=O) groups excluding carboxylic acids is 1. The zero-order valence-electron chi connectivity index (χ0n) is 13.5. The first-order valence-electron chi connectivity index (χ1n) is 8.42. The number of hydrogen-bond acceptors (Lipinski definition) is 2. The van der Waals surface area contributed by atoms with E-state index in [1.54, 1.807) is 7.11 Å². The number of benzene rings is 1.